The zero-order valence-corrected chi connectivity index (χ0v) is 34.0. The number of allylic oxidation sites excluding steroid dienone is 1. The highest BCUT2D eigenvalue weighted by atomic mass is 31.2. The number of unbranched alkanes of at least 4 members (excludes halogenated alkanes) is 31. The number of phosphoric ester groups is 1. The first-order chi connectivity index (χ1) is 24.3. The topological polar surface area (TPSA) is 116 Å². The molecule has 0 saturated carbocycles. The standard InChI is InChI=1S/C42H84NO6P/c1-3-5-7-9-11-13-15-17-19-21-23-25-27-29-31-33-35-37-41(44)40(39-49-50(46,47)48)43-42(45)38-36-34-32-30-28-26-24-22-20-18-16-14-12-10-8-6-4-2/h35,37,40-41,44H,3-34,36,38-39H2,1-2H3,(H,43,45)(H2,46,47,48)/b37-35+/t40-,41+/m0/s1. The number of hydrogen-bond acceptors (Lipinski definition) is 4. The Labute approximate surface area is 310 Å². The molecule has 0 aliphatic heterocycles. The summed E-state index contributed by atoms with van der Waals surface area (Å²) in [6, 6.07) is -0.904. The van der Waals surface area contributed by atoms with Gasteiger partial charge in [0.25, 0.3) is 0 Å². The Morgan fingerprint density at radius 1 is 0.560 bits per heavy atom. The molecular formula is C42H84NO6P. The van der Waals surface area contributed by atoms with Crippen molar-refractivity contribution in [1.29, 1.82) is 0 Å². The monoisotopic (exact) mass is 730 g/mol. The van der Waals surface area contributed by atoms with Crippen LogP contribution in [0.5, 0.6) is 0 Å². The predicted octanol–water partition coefficient (Wildman–Crippen LogP) is 12.8. The van der Waals surface area contributed by atoms with E-state index in [0.29, 0.717) is 6.42 Å². The zero-order chi connectivity index (χ0) is 36.8. The maximum Gasteiger partial charge on any atom is 0.469 e. The number of nitrogens with one attached hydrogen (secondary N) is 1. The molecule has 7 nitrogen and oxygen atoms in total. The minimum Gasteiger partial charge on any atom is -0.387 e. The van der Waals surface area contributed by atoms with E-state index in [9.17, 15) is 14.5 Å². The number of aliphatic hydroxyl groups is 1. The maximum absolute atomic E-state index is 12.6. The molecule has 0 aromatic carbocycles. The first-order valence-electron chi connectivity index (χ1n) is 21.6. The van der Waals surface area contributed by atoms with E-state index in [2.05, 4.69) is 23.7 Å². The highest BCUT2D eigenvalue weighted by Gasteiger charge is 2.24. The third-order valence-corrected chi connectivity index (χ3v) is 10.5. The van der Waals surface area contributed by atoms with E-state index in [4.69, 9.17) is 9.79 Å². The van der Waals surface area contributed by atoms with E-state index in [-0.39, 0.29) is 5.91 Å². The lowest BCUT2D eigenvalue weighted by Gasteiger charge is -2.22. The fraction of sp³-hybridized carbons (Fsp3) is 0.929. The molecule has 298 valence electrons. The summed E-state index contributed by atoms with van der Waals surface area (Å²) in [6.45, 7) is 4.09. The maximum atomic E-state index is 12.6. The third kappa shape index (κ3) is 38.5. The Kier molecular flexibility index (Phi) is 37.5. The fourth-order valence-corrected chi connectivity index (χ4v) is 7.05. The van der Waals surface area contributed by atoms with Gasteiger partial charge in [-0.2, -0.15) is 0 Å². The van der Waals surface area contributed by atoms with Crippen LogP contribution in [-0.4, -0.2) is 39.6 Å². The molecule has 1 amide bonds. The summed E-state index contributed by atoms with van der Waals surface area (Å²) < 4.78 is 15.9. The number of hydrogen-bond donors (Lipinski definition) is 4. The number of phosphoric acid groups is 1. The van der Waals surface area contributed by atoms with Crippen molar-refractivity contribution < 1.29 is 28.8 Å². The van der Waals surface area contributed by atoms with Crippen LogP contribution in [0.4, 0.5) is 0 Å². The van der Waals surface area contributed by atoms with E-state index >= 15 is 0 Å². The second-order valence-electron chi connectivity index (χ2n) is 15.0. The first-order valence-corrected chi connectivity index (χ1v) is 23.2. The van der Waals surface area contributed by atoms with Crippen molar-refractivity contribution in [3.05, 3.63) is 12.2 Å². The third-order valence-electron chi connectivity index (χ3n) is 10.00. The van der Waals surface area contributed by atoms with Crippen LogP contribution in [0, 0.1) is 0 Å². The smallest absolute Gasteiger partial charge is 0.387 e. The molecule has 0 aromatic rings. The second kappa shape index (κ2) is 38.0. The van der Waals surface area contributed by atoms with E-state index in [1.807, 2.05) is 6.08 Å². The van der Waals surface area contributed by atoms with Crippen molar-refractivity contribution in [3.8, 4) is 0 Å². The molecule has 0 aromatic heterocycles. The van der Waals surface area contributed by atoms with E-state index < -0.39 is 26.6 Å². The van der Waals surface area contributed by atoms with Crippen LogP contribution >= 0.6 is 7.82 Å². The van der Waals surface area contributed by atoms with Crippen LogP contribution in [0.3, 0.4) is 0 Å². The van der Waals surface area contributed by atoms with Crippen molar-refractivity contribution in [2.24, 2.45) is 0 Å². The molecule has 0 aliphatic carbocycles. The molecule has 4 N–H and O–H groups in total. The lowest BCUT2D eigenvalue weighted by atomic mass is 10.0. The minimum absolute atomic E-state index is 0.222. The van der Waals surface area contributed by atoms with Gasteiger partial charge in [-0.3, -0.25) is 9.32 Å². The summed E-state index contributed by atoms with van der Waals surface area (Å²) in [6.07, 6.45) is 45.2. The molecular weight excluding hydrogens is 645 g/mol. The van der Waals surface area contributed by atoms with Gasteiger partial charge < -0.3 is 20.2 Å². The van der Waals surface area contributed by atoms with Crippen LogP contribution in [0.15, 0.2) is 12.2 Å². The average molecular weight is 730 g/mol. The van der Waals surface area contributed by atoms with Crippen molar-refractivity contribution in [3.63, 3.8) is 0 Å². The highest BCUT2D eigenvalue weighted by molar-refractivity contribution is 7.46. The molecule has 0 bridgehead atoms. The normalized spacial score (nSPS) is 13.3. The molecule has 0 radical (unpaired) electrons. The first kappa shape index (κ1) is 49.3. The van der Waals surface area contributed by atoms with Crippen LogP contribution in [-0.2, 0) is 13.9 Å². The van der Waals surface area contributed by atoms with Gasteiger partial charge in [0.15, 0.2) is 0 Å². The van der Waals surface area contributed by atoms with Crippen molar-refractivity contribution in [2.45, 2.75) is 244 Å². The number of carbonyl (C=O) groups is 1. The summed E-state index contributed by atoms with van der Waals surface area (Å²) >= 11 is 0. The van der Waals surface area contributed by atoms with Gasteiger partial charge in [-0.15, -0.1) is 0 Å². The number of aliphatic hydroxyl groups excluding tert-OH is 1. The number of rotatable bonds is 40. The van der Waals surface area contributed by atoms with Crippen molar-refractivity contribution in [2.75, 3.05) is 6.61 Å². The Hall–Kier alpha value is -0.720. The van der Waals surface area contributed by atoms with Crippen LogP contribution < -0.4 is 5.32 Å². The Balaban J connectivity index is 3.93. The van der Waals surface area contributed by atoms with Gasteiger partial charge in [0.05, 0.1) is 18.8 Å². The Morgan fingerprint density at radius 2 is 0.880 bits per heavy atom. The van der Waals surface area contributed by atoms with E-state index in [1.54, 1.807) is 6.08 Å². The molecule has 0 aliphatic rings. The fourth-order valence-electron chi connectivity index (χ4n) is 6.70. The van der Waals surface area contributed by atoms with Crippen molar-refractivity contribution >= 4 is 13.7 Å². The zero-order valence-electron chi connectivity index (χ0n) is 33.1. The number of carbonyl (C=O) groups excluding carboxylic acids is 1. The molecule has 0 spiro atoms. The quantitative estimate of drug-likeness (QED) is 0.0283. The largest absolute Gasteiger partial charge is 0.469 e. The van der Waals surface area contributed by atoms with Gasteiger partial charge >= 0.3 is 7.82 Å². The molecule has 0 heterocycles. The summed E-state index contributed by atoms with van der Waals surface area (Å²) in [7, 11) is -4.71. The minimum atomic E-state index is -4.71. The van der Waals surface area contributed by atoms with Crippen molar-refractivity contribution in [1.82, 2.24) is 5.32 Å². The highest BCUT2D eigenvalue weighted by Crippen LogP contribution is 2.35. The van der Waals surface area contributed by atoms with Crippen LogP contribution in [0.2, 0.25) is 0 Å². The van der Waals surface area contributed by atoms with Crippen LogP contribution in [0.25, 0.3) is 0 Å². The molecule has 0 fully saturated rings. The van der Waals surface area contributed by atoms with Gasteiger partial charge in [-0.05, 0) is 19.3 Å². The molecule has 8 heteroatoms. The second-order valence-corrected chi connectivity index (χ2v) is 16.3. The van der Waals surface area contributed by atoms with E-state index in [1.165, 1.54) is 173 Å². The summed E-state index contributed by atoms with van der Waals surface area (Å²) in [5.74, 6) is -0.222. The predicted molar refractivity (Wildman–Crippen MR) is 213 cm³/mol. The summed E-state index contributed by atoms with van der Waals surface area (Å²) in [5.41, 5.74) is 0. The lowest BCUT2D eigenvalue weighted by molar-refractivity contribution is -0.123. The molecule has 50 heavy (non-hydrogen) atoms. The molecule has 2 atom stereocenters. The van der Waals surface area contributed by atoms with Gasteiger partial charge in [-0.1, -0.05) is 219 Å². The lowest BCUT2D eigenvalue weighted by Crippen LogP contribution is -2.45. The van der Waals surface area contributed by atoms with E-state index in [0.717, 1.165) is 38.5 Å². The van der Waals surface area contributed by atoms with Gasteiger partial charge in [0.2, 0.25) is 5.91 Å². The SMILES string of the molecule is CCCCCCCCCCCCCCCCC/C=C/[C@@H](O)[C@H](COP(=O)(O)O)NC(=O)CCCCCCCCCCCCCCCCCCC. The summed E-state index contributed by atoms with van der Waals surface area (Å²) in [4.78, 5) is 30.9. The van der Waals surface area contributed by atoms with Gasteiger partial charge in [0.1, 0.15) is 0 Å². The molecule has 0 rings (SSSR count). The average Bonchev–Trinajstić information content (AvgIpc) is 3.08. The Bertz CT molecular complexity index is 788. The van der Waals surface area contributed by atoms with Gasteiger partial charge in [0, 0.05) is 6.42 Å². The molecule has 0 unspecified atom stereocenters. The molecule has 0 saturated heterocycles. The Morgan fingerprint density at radius 3 is 1.22 bits per heavy atom. The van der Waals surface area contributed by atoms with Crippen LogP contribution in [0.1, 0.15) is 232 Å². The summed E-state index contributed by atoms with van der Waals surface area (Å²) in [5, 5.41) is 13.4. The van der Waals surface area contributed by atoms with Gasteiger partial charge in [-0.25, -0.2) is 4.57 Å². The number of amides is 1.